The minimum Gasteiger partial charge on any atom is -0.326 e. The summed E-state index contributed by atoms with van der Waals surface area (Å²) >= 11 is 1.86. The van der Waals surface area contributed by atoms with Crippen LogP contribution < -0.4 is 5.32 Å². The van der Waals surface area contributed by atoms with E-state index >= 15 is 0 Å². The van der Waals surface area contributed by atoms with Crippen molar-refractivity contribution in [2.45, 2.75) is 58.0 Å². The molecule has 100 valence electrons. The van der Waals surface area contributed by atoms with E-state index in [0.717, 1.165) is 19.4 Å². The van der Waals surface area contributed by atoms with Crippen molar-refractivity contribution in [3.05, 3.63) is 0 Å². The molecule has 0 aromatic rings. The lowest BCUT2D eigenvalue weighted by Gasteiger charge is -2.22. The van der Waals surface area contributed by atoms with Crippen LogP contribution in [0.15, 0.2) is 0 Å². The average Bonchev–Trinajstić information content (AvgIpc) is 2.61. The number of rotatable bonds is 6. The van der Waals surface area contributed by atoms with Crippen molar-refractivity contribution in [3.63, 3.8) is 0 Å². The topological polar surface area (TPSA) is 32.3 Å². The Labute approximate surface area is 110 Å². The molecule has 0 aromatic carbocycles. The molecule has 0 radical (unpaired) electrons. The molecule has 1 rings (SSSR count). The highest BCUT2D eigenvalue weighted by Gasteiger charge is 2.38. The zero-order valence-corrected chi connectivity index (χ0v) is 12.5. The predicted molar refractivity (Wildman–Crippen MR) is 75.1 cm³/mol. The second-order valence-corrected chi connectivity index (χ2v) is 6.35. The lowest BCUT2D eigenvalue weighted by atomic mass is 9.99. The predicted octanol–water partition coefficient (Wildman–Crippen LogP) is 2.32. The van der Waals surface area contributed by atoms with Crippen LogP contribution in [0, 0.1) is 5.92 Å². The van der Waals surface area contributed by atoms with Gasteiger partial charge in [-0.05, 0) is 25.5 Å². The third kappa shape index (κ3) is 3.62. The van der Waals surface area contributed by atoms with Crippen molar-refractivity contribution in [2.75, 3.05) is 12.8 Å². The molecule has 1 heterocycles. The van der Waals surface area contributed by atoms with E-state index in [4.69, 9.17) is 0 Å². The molecule has 1 fully saturated rings. The smallest absolute Gasteiger partial charge is 0.241 e. The fraction of sp³-hybridized carbons (Fsp3) is 0.923. The molecule has 0 aromatic heterocycles. The van der Waals surface area contributed by atoms with E-state index < -0.39 is 0 Å². The van der Waals surface area contributed by atoms with Crippen LogP contribution in [-0.2, 0) is 4.79 Å². The van der Waals surface area contributed by atoms with Crippen LogP contribution in [0.3, 0.4) is 0 Å². The van der Waals surface area contributed by atoms with Crippen molar-refractivity contribution < 1.29 is 4.79 Å². The fourth-order valence-electron chi connectivity index (χ4n) is 2.18. The van der Waals surface area contributed by atoms with Gasteiger partial charge in [0.1, 0.15) is 0 Å². The molecule has 1 aliphatic heterocycles. The summed E-state index contributed by atoms with van der Waals surface area (Å²) in [5.74, 6) is 0.716. The van der Waals surface area contributed by atoms with Crippen LogP contribution in [-0.4, -0.2) is 41.1 Å². The number of hydrogen-bond donors (Lipinski definition) is 1. The van der Waals surface area contributed by atoms with Gasteiger partial charge in [0.2, 0.25) is 5.91 Å². The Kier molecular flexibility index (Phi) is 5.80. The molecule has 4 unspecified atom stereocenters. The normalized spacial score (nSPS) is 28.5. The van der Waals surface area contributed by atoms with Crippen LogP contribution in [0.25, 0.3) is 0 Å². The summed E-state index contributed by atoms with van der Waals surface area (Å²) in [4.78, 5) is 14.3. The van der Waals surface area contributed by atoms with Gasteiger partial charge >= 0.3 is 0 Å². The Balaban J connectivity index is 2.53. The third-order valence-corrected chi connectivity index (χ3v) is 4.87. The van der Waals surface area contributed by atoms with Crippen LogP contribution in [0.4, 0.5) is 0 Å². The van der Waals surface area contributed by atoms with Crippen LogP contribution in [0.5, 0.6) is 0 Å². The van der Waals surface area contributed by atoms with E-state index in [1.807, 2.05) is 16.7 Å². The molecule has 0 saturated carbocycles. The summed E-state index contributed by atoms with van der Waals surface area (Å²) in [5, 5.41) is 4.04. The molecule has 1 N–H and O–H groups in total. The minimum atomic E-state index is 0.0274. The fourth-order valence-corrected chi connectivity index (χ4v) is 2.52. The van der Waals surface area contributed by atoms with Crippen molar-refractivity contribution in [1.29, 1.82) is 0 Å². The summed E-state index contributed by atoms with van der Waals surface area (Å²) in [6.07, 6.45) is 4.44. The van der Waals surface area contributed by atoms with E-state index in [0.29, 0.717) is 17.1 Å². The van der Waals surface area contributed by atoms with Crippen LogP contribution in [0.1, 0.15) is 40.5 Å². The maximum absolute atomic E-state index is 12.3. The maximum atomic E-state index is 12.3. The first kappa shape index (κ1) is 14.8. The van der Waals surface area contributed by atoms with E-state index in [9.17, 15) is 4.79 Å². The Morgan fingerprint density at radius 1 is 1.47 bits per heavy atom. The lowest BCUT2D eigenvalue weighted by molar-refractivity contribution is -0.130. The van der Waals surface area contributed by atoms with Crippen molar-refractivity contribution in [3.8, 4) is 0 Å². The zero-order chi connectivity index (χ0) is 13.0. The van der Waals surface area contributed by atoms with Gasteiger partial charge in [-0.2, -0.15) is 11.8 Å². The molecule has 1 saturated heterocycles. The Bertz CT molecular complexity index is 260. The molecular formula is C13H26N2OS. The molecule has 0 aliphatic carbocycles. The number of hydrogen-bond acceptors (Lipinski definition) is 3. The maximum Gasteiger partial charge on any atom is 0.241 e. The Morgan fingerprint density at radius 3 is 2.65 bits per heavy atom. The molecule has 0 bridgehead atoms. The number of thioether (sulfide) groups is 1. The quantitative estimate of drug-likeness (QED) is 0.793. The summed E-state index contributed by atoms with van der Waals surface area (Å²) < 4.78 is 0. The Hall–Kier alpha value is -0.220. The van der Waals surface area contributed by atoms with Gasteiger partial charge in [-0.15, -0.1) is 0 Å². The zero-order valence-electron chi connectivity index (χ0n) is 11.7. The van der Waals surface area contributed by atoms with Gasteiger partial charge in [0.05, 0.1) is 12.2 Å². The molecular weight excluding hydrogens is 232 g/mol. The SMILES string of the molecule is CCC(C)C1NC(C)N(CCC(C)SC)C1=O. The minimum absolute atomic E-state index is 0.0274. The molecule has 4 atom stereocenters. The molecule has 17 heavy (non-hydrogen) atoms. The van der Waals surface area contributed by atoms with Crippen LogP contribution in [0.2, 0.25) is 0 Å². The third-order valence-electron chi connectivity index (χ3n) is 3.83. The van der Waals surface area contributed by atoms with Gasteiger partial charge in [0.25, 0.3) is 0 Å². The van der Waals surface area contributed by atoms with E-state index in [1.165, 1.54) is 0 Å². The van der Waals surface area contributed by atoms with Gasteiger partial charge in [0, 0.05) is 11.8 Å². The Morgan fingerprint density at radius 2 is 2.12 bits per heavy atom. The summed E-state index contributed by atoms with van der Waals surface area (Å²) in [7, 11) is 0. The number of carbonyl (C=O) groups is 1. The van der Waals surface area contributed by atoms with E-state index in [1.54, 1.807) is 0 Å². The average molecular weight is 258 g/mol. The highest BCUT2D eigenvalue weighted by molar-refractivity contribution is 7.99. The van der Waals surface area contributed by atoms with Crippen LogP contribution >= 0.6 is 11.8 Å². The highest BCUT2D eigenvalue weighted by atomic mass is 32.2. The molecule has 3 nitrogen and oxygen atoms in total. The van der Waals surface area contributed by atoms with Gasteiger partial charge in [-0.25, -0.2) is 0 Å². The highest BCUT2D eigenvalue weighted by Crippen LogP contribution is 2.20. The number of carbonyl (C=O) groups excluding carboxylic acids is 1. The number of amides is 1. The van der Waals surface area contributed by atoms with Gasteiger partial charge in [0.15, 0.2) is 0 Å². The van der Waals surface area contributed by atoms with Crippen molar-refractivity contribution in [2.24, 2.45) is 5.92 Å². The summed E-state index contributed by atoms with van der Waals surface area (Å²) in [6, 6.07) is 0.0274. The molecule has 1 amide bonds. The van der Waals surface area contributed by atoms with Crippen molar-refractivity contribution in [1.82, 2.24) is 10.2 Å². The second kappa shape index (κ2) is 6.64. The molecule has 1 aliphatic rings. The first-order chi connectivity index (χ1) is 8.01. The first-order valence-corrected chi connectivity index (χ1v) is 7.89. The monoisotopic (exact) mass is 258 g/mol. The van der Waals surface area contributed by atoms with Gasteiger partial charge < -0.3 is 4.90 Å². The van der Waals surface area contributed by atoms with Crippen molar-refractivity contribution >= 4 is 17.7 Å². The van der Waals surface area contributed by atoms with Gasteiger partial charge in [-0.3, -0.25) is 10.1 Å². The largest absolute Gasteiger partial charge is 0.326 e. The second-order valence-electron chi connectivity index (χ2n) is 5.07. The lowest BCUT2D eigenvalue weighted by Crippen LogP contribution is -2.36. The van der Waals surface area contributed by atoms with E-state index in [-0.39, 0.29) is 12.2 Å². The number of nitrogens with one attached hydrogen (secondary N) is 1. The standard InChI is InChI=1S/C13H26N2OS/c1-6-9(2)12-13(16)15(11(4)14-12)8-7-10(3)17-5/h9-12,14H,6-8H2,1-5H3. The van der Waals surface area contributed by atoms with E-state index in [2.05, 4.69) is 39.3 Å². The summed E-state index contributed by atoms with van der Waals surface area (Å²) in [5.41, 5.74) is 0. The molecule has 4 heteroatoms. The molecule has 0 spiro atoms. The van der Waals surface area contributed by atoms with Gasteiger partial charge in [-0.1, -0.05) is 27.2 Å². The number of nitrogens with zero attached hydrogens (tertiary/aromatic N) is 1. The first-order valence-electron chi connectivity index (χ1n) is 6.60. The summed E-state index contributed by atoms with van der Waals surface area (Å²) in [6.45, 7) is 9.47.